The highest BCUT2D eigenvalue weighted by molar-refractivity contribution is 7.21. The number of rotatable bonds is 3. The molecule has 1 aliphatic rings. The molecular formula is C16H19NO3S. The predicted molar refractivity (Wildman–Crippen MR) is 83.9 cm³/mol. The maximum Gasteiger partial charge on any atom is 0.261 e. The SMILES string of the molecule is Cc1c(C(=O)NCC2(O)CCOCC2)sc2ccccc12. The third-order valence-corrected chi connectivity index (χ3v) is 5.32. The number of fused-ring (bicyclic) bond motifs is 1. The van der Waals surface area contributed by atoms with Crippen LogP contribution < -0.4 is 5.32 Å². The number of amides is 1. The smallest absolute Gasteiger partial charge is 0.261 e. The van der Waals surface area contributed by atoms with Gasteiger partial charge in [0.2, 0.25) is 0 Å². The van der Waals surface area contributed by atoms with Crippen molar-refractivity contribution in [2.24, 2.45) is 0 Å². The van der Waals surface area contributed by atoms with E-state index in [0.29, 0.717) is 26.1 Å². The lowest BCUT2D eigenvalue weighted by Gasteiger charge is -2.32. The minimum atomic E-state index is -0.835. The van der Waals surface area contributed by atoms with Crippen LogP contribution in [-0.2, 0) is 4.74 Å². The molecule has 21 heavy (non-hydrogen) atoms. The fourth-order valence-corrected chi connectivity index (χ4v) is 3.77. The molecule has 1 aliphatic heterocycles. The van der Waals surface area contributed by atoms with Crippen LogP contribution in [-0.4, -0.2) is 36.4 Å². The van der Waals surface area contributed by atoms with Crippen molar-refractivity contribution >= 4 is 27.3 Å². The molecule has 0 aliphatic carbocycles. The number of hydrogen-bond donors (Lipinski definition) is 2. The molecule has 5 heteroatoms. The van der Waals surface area contributed by atoms with E-state index in [1.54, 1.807) is 0 Å². The third-order valence-electron chi connectivity index (χ3n) is 4.05. The number of aliphatic hydroxyl groups is 1. The highest BCUT2D eigenvalue weighted by Crippen LogP contribution is 2.30. The van der Waals surface area contributed by atoms with Gasteiger partial charge in [-0.05, 0) is 23.9 Å². The molecule has 2 heterocycles. The van der Waals surface area contributed by atoms with E-state index in [1.807, 2.05) is 31.2 Å². The Morgan fingerprint density at radius 1 is 1.38 bits per heavy atom. The molecule has 1 aromatic carbocycles. The summed E-state index contributed by atoms with van der Waals surface area (Å²) in [5.74, 6) is -0.103. The molecule has 1 fully saturated rings. The topological polar surface area (TPSA) is 58.6 Å². The fraction of sp³-hybridized carbons (Fsp3) is 0.438. The molecule has 2 N–H and O–H groups in total. The first-order valence-electron chi connectivity index (χ1n) is 7.15. The Morgan fingerprint density at radius 3 is 2.81 bits per heavy atom. The van der Waals surface area contributed by atoms with Crippen molar-refractivity contribution in [2.75, 3.05) is 19.8 Å². The third kappa shape index (κ3) is 2.95. The Bertz CT molecular complexity index is 659. The van der Waals surface area contributed by atoms with E-state index in [1.165, 1.54) is 11.3 Å². The van der Waals surface area contributed by atoms with E-state index < -0.39 is 5.60 Å². The van der Waals surface area contributed by atoms with Crippen LogP contribution in [0.4, 0.5) is 0 Å². The predicted octanol–water partition coefficient (Wildman–Crippen LogP) is 2.48. The summed E-state index contributed by atoms with van der Waals surface area (Å²) in [6.45, 7) is 3.35. The summed E-state index contributed by atoms with van der Waals surface area (Å²) >= 11 is 1.50. The van der Waals surface area contributed by atoms with Crippen LogP contribution >= 0.6 is 11.3 Å². The minimum Gasteiger partial charge on any atom is -0.388 e. The second kappa shape index (κ2) is 5.75. The highest BCUT2D eigenvalue weighted by Gasteiger charge is 2.30. The van der Waals surface area contributed by atoms with E-state index in [0.717, 1.165) is 20.5 Å². The fourth-order valence-electron chi connectivity index (χ4n) is 2.64. The van der Waals surface area contributed by atoms with Crippen molar-refractivity contribution in [3.63, 3.8) is 0 Å². The zero-order chi connectivity index (χ0) is 14.9. The van der Waals surface area contributed by atoms with Gasteiger partial charge in [-0.25, -0.2) is 0 Å². The summed E-state index contributed by atoms with van der Waals surface area (Å²) in [6.07, 6.45) is 1.14. The average Bonchev–Trinajstić information content (AvgIpc) is 2.84. The van der Waals surface area contributed by atoms with Gasteiger partial charge in [0, 0.05) is 37.3 Å². The molecule has 3 rings (SSSR count). The standard InChI is InChI=1S/C16H19NO3S/c1-11-12-4-2-3-5-13(12)21-14(11)15(18)17-10-16(19)6-8-20-9-7-16/h2-5,19H,6-10H2,1H3,(H,17,18). The van der Waals surface area contributed by atoms with Crippen molar-refractivity contribution in [3.8, 4) is 0 Å². The van der Waals surface area contributed by atoms with Crippen LogP contribution in [0, 0.1) is 6.92 Å². The van der Waals surface area contributed by atoms with Gasteiger partial charge in [0.15, 0.2) is 0 Å². The van der Waals surface area contributed by atoms with Gasteiger partial charge in [-0.2, -0.15) is 0 Å². The van der Waals surface area contributed by atoms with Gasteiger partial charge in [0.1, 0.15) is 0 Å². The zero-order valence-electron chi connectivity index (χ0n) is 12.0. The maximum atomic E-state index is 12.4. The molecular weight excluding hydrogens is 286 g/mol. The summed E-state index contributed by atoms with van der Waals surface area (Å²) < 4.78 is 6.36. The van der Waals surface area contributed by atoms with Gasteiger partial charge in [0.25, 0.3) is 5.91 Å². The second-order valence-corrected chi connectivity index (χ2v) is 6.62. The molecule has 0 radical (unpaired) electrons. The van der Waals surface area contributed by atoms with Crippen molar-refractivity contribution in [3.05, 3.63) is 34.7 Å². The summed E-state index contributed by atoms with van der Waals surface area (Å²) in [5, 5.41) is 14.4. The van der Waals surface area contributed by atoms with E-state index in [9.17, 15) is 9.90 Å². The normalized spacial score (nSPS) is 17.8. The van der Waals surface area contributed by atoms with Crippen LogP contribution in [0.25, 0.3) is 10.1 Å². The molecule has 0 saturated carbocycles. The average molecular weight is 305 g/mol. The molecule has 0 bridgehead atoms. The number of carbonyl (C=O) groups excluding carboxylic acids is 1. The van der Waals surface area contributed by atoms with Crippen LogP contribution in [0.3, 0.4) is 0 Å². The monoisotopic (exact) mass is 305 g/mol. The van der Waals surface area contributed by atoms with Crippen LogP contribution in [0.1, 0.15) is 28.1 Å². The van der Waals surface area contributed by atoms with Crippen LogP contribution in [0.5, 0.6) is 0 Å². The molecule has 1 aromatic heterocycles. The summed E-state index contributed by atoms with van der Waals surface area (Å²) in [5.41, 5.74) is 0.172. The van der Waals surface area contributed by atoms with Gasteiger partial charge in [-0.3, -0.25) is 4.79 Å². The van der Waals surface area contributed by atoms with Gasteiger partial charge in [0.05, 0.1) is 10.5 Å². The van der Waals surface area contributed by atoms with E-state index in [-0.39, 0.29) is 12.5 Å². The number of carbonyl (C=O) groups is 1. The summed E-state index contributed by atoms with van der Waals surface area (Å²) in [4.78, 5) is 13.1. The van der Waals surface area contributed by atoms with Gasteiger partial charge in [-0.15, -0.1) is 11.3 Å². The van der Waals surface area contributed by atoms with E-state index in [4.69, 9.17) is 4.74 Å². The van der Waals surface area contributed by atoms with Gasteiger partial charge in [-0.1, -0.05) is 18.2 Å². The Kier molecular flexibility index (Phi) is 3.97. The lowest BCUT2D eigenvalue weighted by molar-refractivity contribution is -0.0605. The molecule has 0 unspecified atom stereocenters. The zero-order valence-corrected chi connectivity index (χ0v) is 12.8. The Hall–Kier alpha value is -1.43. The highest BCUT2D eigenvalue weighted by atomic mass is 32.1. The van der Waals surface area contributed by atoms with Gasteiger partial charge < -0.3 is 15.2 Å². The van der Waals surface area contributed by atoms with Crippen LogP contribution in [0.2, 0.25) is 0 Å². The molecule has 4 nitrogen and oxygen atoms in total. The first-order valence-corrected chi connectivity index (χ1v) is 7.97. The lowest BCUT2D eigenvalue weighted by atomic mass is 9.94. The van der Waals surface area contributed by atoms with Crippen molar-refractivity contribution in [1.29, 1.82) is 0 Å². The minimum absolute atomic E-state index is 0.103. The molecule has 112 valence electrons. The maximum absolute atomic E-state index is 12.4. The molecule has 1 amide bonds. The summed E-state index contributed by atoms with van der Waals surface area (Å²) in [6, 6.07) is 8.01. The Balaban J connectivity index is 1.73. The number of hydrogen-bond acceptors (Lipinski definition) is 4. The molecule has 2 aromatic rings. The lowest BCUT2D eigenvalue weighted by Crippen LogP contribution is -2.46. The second-order valence-electron chi connectivity index (χ2n) is 5.57. The number of thiophene rings is 1. The van der Waals surface area contributed by atoms with Crippen molar-refractivity contribution in [2.45, 2.75) is 25.4 Å². The first kappa shape index (κ1) is 14.5. The number of ether oxygens (including phenoxy) is 1. The summed E-state index contributed by atoms with van der Waals surface area (Å²) in [7, 11) is 0. The van der Waals surface area contributed by atoms with Crippen LogP contribution in [0.15, 0.2) is 24.3 Å². The molecule has 0 spiro atoms. The van der Waals surface area contributed by atoms with Gasteiger partial charge >= 0.3 is 0 Å². The van der Waals surface area contributed by atoms with Crippen molar-refractivity contribution < 1.29 is 14.6 Å². The van der Waals surface area contributed by atoms with Crippen molar-refractivity contribution in [1.82, 2.24) is 5.32 Å². The first-order chi connectivity index (χ1) is 10.1. The van der Waals surface area contributed by atoms with E-state index >= 15 is 0 Å². The van der Waals surface area contributed by atoms with E-state index in [2.05, 4.69) is 5.32 Å². The largest absolute Gasteiger partial charge is 0.388 e. The Labute approximate surface area is 127 Å². The quantitative estimate of drug-likeness (QED) is 0.916. The molecule has 1 saturated heterocycles. The Morgan fingerprint density at radius 2 is 2.10 bits per heavy atom. The molecule has 0 atom stereocenters. The number of nitrogens with one attached hydrogen (secondary N) is 1. The number of benzene rings is 1. The number of aryl methyl sites for hydroxylation is 1.